The van der Waals surface area contributed by atoms with Crippen LogP contribution in [0.25, 0.3) is 22.2 Å². The zero-order valence-corrected chi connectivity index (χ0v) is 34.1. The third-order valence-electron chi connectivity index (χ3n) is 9.74. The van der Waals surface area contributed by atoms with E-state index in [2.05, 4.69) is 21.9 Å². The SMILES string of the molecule is C=CC1C[C@]1(NC(=O)[C@@H]1C[C@@H](Oc2cc(-c3ccccc3)nc3cc(OC)ccc23)CN1C(=O)[C@@H](NC(=O)OC(C)(C)C)C(C)(C)C)C(=O)NS(=O)(=O)CCC. The van der Waals surface area contributed by atoms with Crippen LogP contribution in [-0.4, -0.2) is 90.9 Å². The smallest absolute Gasteiger partial charge is 0.408 e. The molecule has 1 saturated heterocycles. The highest BCUT2D eigenvalue weighted by atomic mass is 32.2. The van der Waals surface area contributed by atoms with Gasteiger partial charge in [0.1, 0.15) is 40.8 Å². The van der Waals surface area contributed by atoms with E-state index in [1.54, 1.807) is 73.8 Å². The molecule has 0 radical (unpaired) electrons. The van der Waals surface area contributed by atoms with E-state index in [4.69, 9.17) is 19.2 Å². The Kier molecular flexibility index (Phi) is 12.1. The first-order valence-electron chi connectivity index (χ1n) is 18.7. The van der Waals surface area contributed by atoms with Crippen molar-refractivity contribution in [3.8, 4) is 22.8 Å². The number of sulfonamides is 1. The fourth-order valence-electron chi connectivity index (χ4n) is 6.84. The summed E-state index contributed by atoms with van der Waals surface area (Å²) in [6.45, 7) is 15.9. The number of amides is 4. The minimum absolute atomic E-state index is 0.00605. The Bertz CT molecular complexity index is 2100. The van der Waals surface area contributed by atoms with E-state index < -0.39 is 74.5 Å². The van der Waals surface area contributed by atoms with Crippen molar-refractivity contribution in [2.75, 3.05) is 19.4 Å². The molecule has 1 aliphatic carbocycles. The lowest BCUT2D eigenvalue weighted by atomic mass is 9.85. The predicted octanol–water partition coefficient (Wildman–Crippen LogP) is 5.12. The number of rotatable bonds is 13. The van der Waals surface area contributed by atoms with Crippen molar-refractivity contribution in [2.45, 2.75) is 97.1 Å². The quantitative estimate of drug-likeness (QED) is 0.197. The number of methoxy groups -OCH3 is 1. The molecule has 1 aromatic heterocycles. The molecule has 56 heavy (non-hydrogen) atoms. The average Bonchev–Trinajstić information content (AvgIpc) is 3.67. The zero-order chi connectivity index (χ0) is 41.2. The lowest BCUT2D eigenvalue weighted by Crippen LogP contribution is -2.60. The Morgan fingerprint density at radius 1 is 1.05 bits per heavy atom. The molecule has 1 unspecified atom stereocenters. The summed E-state index contributed by atoms with van der Waals surface area (Å²) in [4.78, 5) is 61.8. The number of pyridine rings is 1. The van der Waals surface area contributed by atoms with Crippen LogP contribution in [-0.2, 0) is 29.1 Å². The van der Waals surface area contributed by atoms with E-state index in [-0.39, 0.29) is 31.6 Å². The van der Waals surface area contributed by atoms with Crippen LogP contribution in [0.1, 0.15) is 67.7 Å². The summed E-state index contributed by atoms with van der Waals surface area (Å²) in [5.41, 5.74) is -1.19. The molecule has 2 aliphatic rings. The Morgan fingerprint density at radius 2 is 1.75 bits per heavy atom. The van der Waals surface area contributed by atoms with Gasteiger partial charge in [-0.25, -0.2) is 18.2 Å². The van der Waals surface area contributed by atoms with Crippen LogP contribution in [0.15, 0.2) is 67.3 Å². The third-order valence-corrected chi connectivity index (χ3v) is 11.2. The summed E-state index contributed by atoms with van der Waals surface area (Å²) in [7, 11) is -2.40. The summed E-state index contributed by atoms with van der Waals surface area (Å²) in [6.07, 6.45) is 0.359. The number of nitrogens with one attached hydrogen (secondary N) is 3. The van der Waals surface area contributed by atoms with E-state index in [0.29, 0.717) is 28.1 Å². The van der Waals surface area contributed by atoms with Gasteiger partial charge in [-0.2, -0.15) is 0 Å². The minimum atomic E-state index is -3.96. The van der Waals surface area contributed by atoms with Gasteiger partial charge in [0.2, 0.25) is 21.8 Å². The fraction of sp³-hybridized carbons (Fsp3) is 0.488. The second-order valence-electron chi connectivity index (χ2n) is 16.4. The maximum absolute atomic E-state index is 14.6. The molecule has 3 aromatic rings. The van der Waals surface area contributed by atoms with Crippen molar-refractivity contribution >= 4 is 44.7 Å². The maximum atomic E-state index is 14.6. The minimum Gasteiger partial charge on any atom is -0.497 e. The van der Waals surface area contributed by atoms with Crippen LogP contribution in [0.4, 0.5) is 4.79 Å². The normalized spacial score (nSPS) is 21.4. The lowest BCUT2D eigenvalue weighted by molar-refractivity contribution is -0.143. The maximum Gasteiger partial charge on any atom is 0.408 e. The lowest BCUT2D eigenvalue weighted by Gasteiger charge is -2.36. The van der Waals surface area contributed by atoms with Crippen LogP contribution in [0.2, 0.25) is 0 Å². The van der Waals surface area contributed by atoms with E-state index in [0.717, 1.165) is 5.56 Å². The van der Waals surface area contributed by atoms with Gasteiger partial charge in [0.25, 0.3) is 5.91 Å². The van der Waals surface area contributed by atoms with Crippen LogP contribution in [0, 0.1) is 11.3 Å². The first-order valence-corrected chi connectivity index (χ1v) is 20.4. The molecular weight excluding hydrogens is 739 g/mol. The highest BCUT2D eigenvalue weighted by Crippen LogP contribution is 2.45. The van der Waals surface area contributed by atoms with Gasteiger partial charge < -0.3 is 29.7 Å². The van der Waals surface area contributed by atoms with Crippen molar-refractivity contribution in [1.29, 1.82) is 0 Å². The summed E-state index contributed by atoms with van der Waals surface area (Å²) in [6, 6.07) is 14.4. The Balaban J connectivity index is 1.52. The molecule has 15 heteroatoms. The number of ether oxygens (including phenoxy) is 3. The average molecular weight is 792 g/mol. The number of nitrogens with zero attached hydrogens (tertiary/aromatic N) is 2. The van der Waals surface area contributed by atoms with E-state index in [9.17, 15) is 27.6 Å². The van der Waals surface area contributed by atoms with E-state index in [1.807, 2.05) is 36.4 Å². The third kappa shape index (κ3) is 9.60. The standard InChI is InChI=1S/C41H53N5O9S/c1-10-19-56(51,52)45-37(49)41(23-26(41)11-2)44-35(47)32-21-28(24-46(32)36(48)34(39(3,4)5)43-38(50)55-40(6,7)8)54-33-22-30(25-15-13-12-14-16-25)42-31-20-27(53-9)17-18-29(31)33/h11-18,20,22,26,28,32,34H,2,10,19,21,23-24H2,1,3-9H3,(H,43,50)(H,44,47)(H,45,49)/t26?,28-,32+,34-,41-/m1/s1. The molecule has 0 spiro atoms. The molecule has 2 heterocycles. The number of carbonyl (C=O) groups is 4. The van der Waals surface area contributed by atoms with E-state index in [1.165, 1.54) is 11.0 Å². The first kappa shape index (κ1) is 42.0. The van der Waals surface area contributed by atoms with Crippen molar-refractivity contribution < 1.29 is 41.8 Å². The molecule has 0 bridgehead atoms. The van der Waals surface area contributed by atoms with Gasteiger partial charge >= 0.3 is 6.09 Å². The summed E-state index contributed by atoms with van der Waals surface area (Å²) in [5, 5.41) is 6.19. The predicted molar refractivity (Wildman–Crippen MR) is 212 cm³/mol. The van der Waals surface area contributed by atoms with Crippen molar-refractivity contribution in [2.24, 2.45) is 11.3 Å². The van der Waals surface area contributed by atoms with Crippen LogP contribution in [0.5, 0.6) is 11.5 Å². The Labute approximate surface area is 328 Å². The number of benzene rings is 2. The Hall–Kier alpha value is -5.18. The van der Waals surface area contributed by atoms with E-state index >= 15 is 0 Å². The molecule has 5 rings (SSSR count). The molecule has 14 nitrogen and oxygen atoms in total. The molecule has 5 atom stereocenters. The highest BCUT2D eigenvalue weighted by molar-refractivity contribution is 7.90. The number of likely N-dealkylation sites (tertiary alicyclic amines) is 1. The van der Waals surface area contributed by atoms with Gasteiger partial charge in [-0.15, -0.1) is 6.58 Å². The number of hydrogen-bond donors (Lipinski definition) is 3. The number of aromatic nitrogens is 1. The van der Waals surface area contributed by atoms with Gasteiger partial charge in [-0.3, -0.25) is 19.1 Å². The molecule has 2 aromatic carbocycles. The van der Waals surface area contributed by atoms with Crippen LogP contribution >= 0.6 is 0 Å². The van der Waals surface area contributed by atoms with Crippen molar-refractivity contribution in [1.82, 2.24) is 25.2 Å². The molecule has 1 saturated carbocycles. The number of fused-ring (bicyclic) bond motifs is 1. The molecular formula is C41H53N5O9S. The topological polar surface area (TPSA) is 182 Å². The van der Waals surface area contributed by atoms with Gasteiger partial charge in [0, 0.05) is 35.4 Å². The van der Waals surface area contributed by atoms with Crippen LogP contribution in [0.3, 0.4) is 0 Å². The van der Waals surface area contributed by atoms with Crippen molar-refractivity contribution in [3.63, 3.8) is 0 Å². The fourth-order valence-corrected chi connectivity index (χ4v) is 7.95. The second-order valence-corrected chi connectivity index (χ2v) is 18.3. The molecule has 4 amide bonds. The highest BCUT2D eigenvalue weighted by Gasteiger charge is 2.61. The Morgan fingerprint density at radius 3 is 2.34 bits per heavy atom. The molecule has 1 aliphatic heterocycles. The largest absolute Gasteiger partial charge is 0.497 e. The second kappa shape index (κ2) is 16.1. The molecule has 302 valence electrons. The number of hydrogen-bond acceptors (Lipinski definition) is 10. The summed E-state index contributed by atoms with van der Waals surface area (Å²) < 4.78 is 45.0. The van der Waals surface area contributed by atoms with Gasteiger partial charge in [-0.1, -0.05) is 64.1 Å². The van der Waals surface area contributed by atoms with Crippen molar-refractivity contribution in [3.05, 3.63) is 67.3 Å². The number of carbonyl (C=O) groups excluding carboxylic acids is 4. The molecule has 3 N–H and O–H groups in total. The first-order chi connectivity index (χ1) is 26.2. The van der Waals surface area contributed by atoms with Crippen LogP contribution < -0.4 is 24.8 Å². The summed E-state index contributed by atoms with van der Waals surface area (Å²) >= 11 is 0. The molecule has 2 fully saturated rings. The van der Waals surface area contributed by atoms with Gasteiger partial charge in [0.05, 0.1) is 30.6 Å². The monoisotopic (exact) mass is 791 g/mol. The number of alkyl carbamates (subject to hydrolysis) is 1. The summed E-state index contributed by atoms with van der Waals surface area (Å²) in [5.74, 6) is -1.89. The van der Waals surface area contributed by atoms with Gasteiger partial charge in [0.15, 0.2) is 0 Å². The van der Waals surface area contributed by atoms with Gasteiger partial charge in [-0.05, 0) is 51.2 Å². The zero-order valence-electron chi connectivity index (χ0n) is 33.3.